The largest absolute Gasteiger partial charge is 0.257 e. The third kappa shape index (κ3) is 3.19. The van der Waals surface area contributed by atoms with Crippen molar-refractivity contribution in [1.82, 2.24) is 4.98 Å². The Morgan fingerprint density at radius 1 is 1.33 bits per heavy atom. The van der Waals surface area contributed by atoms with E-state index in [1.807, 2.05) is 12.3 Å². The Morgan fingerprint density at radius 3 is 2.94 bits per heavy atom. The van der Waals surface area contributed by atoms with Gasteiger partial charge in [0.1, 0.15) is 0 Å². The number of aromatic nitrogens is 1. The number of hydrogen-bond donors (Lipinski definition) is 0. The molecule has 1 aliphatic rings. The van der Waals surface area contributed by atoms with Crippen LogP contribution in [0.3, 0.4) is 0 Å². The highest BCUT2D eigenvalue weighted by Gasteiger charge is 2.17. The summed E-state index contributed by atoms with van der Waals surface area (Å²) in [5.41, 5.74) is 3.86. The zero-order chi connectivity index (χ0) is 12.8. The molecule has 0 aromatic carbocycles. The fraction of sp³-hybridized carbons (Fsp3) is 0.353. The Kier molecular flexibility index (Phi) is 4.52. The van der Waals surface area contributed by atoms with Crippen LogP contribution in [0.5, 0.6) is 0 Å². The van der Waals surface area contributed by atoms with Crippen LogP contribution in [-0.4, -0.2) is 4.98 Å². The van der Waals surface area contributed by atoms with Crippen LogP contribution in [0, 0.1) is 5.92 Å². The minimum Gasteiger partial charge on any atom is -0.257 e. The van der Waals surface area contributed by atoms with Gasteiger partial charge >= 0.3 is 0 Å². The molecule has 0 spiro atoms. The maximum absolute atomic E-state index is 4.50. The number of hydrogen-bond acceptors (Lipinski definition) is 1. The lowest BCUT2D eigenvalue weighted by Crippen LogP contribution is -2.07. The molecule has 2 rings (SSSR count). The van der Waals surface area contributed by atoms with Crippen molar-refractivity contribution in [2.45, 2.75) is 33.1 Å². The standard InChI is InChI=1S/C17H21N/c1-3-4-5-8-15-11-10-14(2)13-16(15)17-9-6-7-12-18-17/h4-7,9-10,12-13,15H,3,8,11H2,1-2H3. The van der Waals surface area contributed by atoms with E-state index in [2.05, 4.69) is 55.3 Å². The van der Waals surface area contributed by atoms with Gasteiger partial charge in [-0.3, -0.25) is 4.98 Å². The molecule has 0 aliphatic heterocycles. The maximum Gasteiger partial charge on any atom is 0.0664 e. The van der Waals surface area contributed by atoms with Crippen molar-refractivity contribution in [2.75, 3.05) is 0 Å². The van der Waals surface area contributed by atoms with Crippen molar-refractivity contribution in [3.05, 3.63) is 60.0 Å². The number of rotatable bonds is 4. The molecule has 0 radical (unpaired) electrons. The summed E-state index contributed by atoms with van der Waals surface area (Å²) in [7, 11) is 0. The Labute approximate surface area is 110 Å². The third-order valence-corrected chi connectivity index (χ3v) is 3.33. The van der Waals surface area contributed by atoms with Crippen LogP contribution in [0.2, 0.25) is 0 Å². The molecular weight excluding hydrogens is 218 g/mol. The highest BCUT2D eigenvalue weighted by molar-refractivity contribution is 5.69. The van der Waals surface area contributed by atoms with Gasteiger partial charge in [0.05, 0.1) is 5.69 Å². The predicted octanol–water partition coefficient (Wildman–Crippen LogP) is 4.79. The zero-order valence-electron chi connectivity index (χ0n) is 11.3. The van der Waals surface area contributed by atoms with E-state index in [1.165, 1.54) is 11.1 Å². The van der Waals surface area contributed by atoms with Gasteiger partial charge < -0.3 is 0 Å². The third-order valence-electron chi connectivity index (χ3n) is 3.33. The molecule has 1 nitrogen and oxygen atoms in total. The predicted molar refractivity (Wildman–Crippen MR) is 78.1 cm³/mol. The van der Waals surface area contributed by atoms with Gasteiger partial charge in [0, 0.05) is 6.20 Å². The van der Waals surface area contributed by atoms with Gasteiger partial charge in [-0.2, -0.15) is 0 Å². The van der Waals surface area contributed by atoms with Gasteiger partial charge in [-0.15, -0.1) is 0 Å². The summed E-state index contributed by atoms with van der Waals surface area (Å²) in [6.45, 7) is 4.35. The van der Waals surface area contributed by atoms with Crippen LogP contribution < -0.4 is 0 Å². The minimum atomic E-state index is 0.575. The minimum absolute atomic E-state index is 0.575. The first-order valence-corrected chi connectivity index (χ1v) is 6.76. The summed E-state index contributed by atoms with van der Waals surface area (Å²) >= 11 is 0. The molecule has 0 saturated carbocycles. The van der Waals surface area contributed by atoms with E-state index in [1.54, 1.807) is 0 Å². The zero-order valence-corrected chi connectivity index (χ0v) is 11.3. The normalized spacial score (nSPS) is 19.8. The lowest BCUT2D eigenvalue weighted by Gasteiger charge is -2.21. The average Bonchev–Trinajstić information content (AvgIpc) is 2.41. The fourth-order valence-corrected chi connectivity index (χ4v) is 2.34. The first-order chi connectivity index (χ1) is 8.81. The summed E-state index contributed by atoms with van der Waals surface area (Å²) in [4.78, 5) is 4.50. The van der Waals surface area contributed by atoms with Crippen LogP contribution in [0.15, 0.2) is 54.3 Å². The molecule has 1 aliphatic carbocycles. The second-order valence-corrected chi connectivity index (χ2v) is 4.81. The van der Waals surface area contributed by atoms with E-state index < -0.39 is 0 Å². The molecular formula is C17H21N. The molecule has 0 N–H and O–H groups in total. The highest BCUT2D eigenvalue weighted by Crippen LogP contribution is 2.33. The molecule has 1 heterocycles. The van der Waals surface area contributed by atoms with Crippen molar-refractivity contribution in [1.29, 1.82) is 0 Å². The molecule has 1 atom stereocenters. The van der Waals surface area contributed by atoms with Gasteiger partial charge in [0.15, 0.2) is 0 Å². The first-order valence-electron chi connectivity index (χ1n) is 6.76. The first kappa shape index (κ1) is 12.8. The molecule has 18 heavy (non-hydrogen) atoms. The van der Waals surface area contributed by atoms with E-state index in [0.717, 1.165) is 25.0 Å². The summed E-state index contributed by atoms with van der Waals surface area (Å²) < 4.78 is 0. The highest BCUT2D eigenvalue weighted by atomic mass is 14.7. The summed E-state index contributed by atoms with van der Waals surface area (Å²) in [5.74, 6) is 0.575. The van der Waals surface area contributed by atoms with Crippen LogP contribution in [0.1, 0.15) is 38.8 Å². The Hall–Kier alpha value is -1.63. The van der Waals surface area contributed by atoms with Crippen molar-refractivity contribution in [3.8, 4) is 0 Å². The van der Waals surface area contributed by atoms with Crippen LogP contribution >= 0.6 is 0 Å². The lowest BCUT2D eigenvalue weighted by molar-refractivity contribution is 0.681. The SMILES string of the molecule is CCC=CCC1CC=C(C)C=C1c1ccccn1. The van der Waals surface area contributed by atoms with Crippen molar-refractivity contribution >= 4 is 5.57 Å². The smallest absolute Gasteiger partial charge is 0.0664 e. The molecule has 1 unspecified atom stereocenters. The van der Waals surface area contributed by atoms with E-state index in [9.17, 15) is 0 Å². The van der Waals surface area contributed by atoms with E-state index in [4.69, 9.17) is 0 Å². The number of pyridine rings is 1. The topological polar surface area (TPSA) is 12.9 Å². The molecule has 0 fully saturated rings. The average molecular weight is 239 g/mol. The Bertz CT molecular complexity index is 466. The number of allylic oxidation sites excluding steroid dienone is 6. The van der Waals surface area contributed by atoms with Crippen LogP contribution in [0.4, 0.5) is 0 Å². The van der Waals surface area contributed by atoms with Gasteiger partial charge in [0.2, 0.25) is 0 Å². The van der Waals surface area contributed by atoms with Crippen LogP contribution in [0.25, 0.3) is 5.57 Å². The van der Waals surface area contributed by atoms with E-state index >= 15 is 0 Å². The second kappa shape index (κ2) is 6.34. The molecule has 0 saturated heterocycles. The molecule has 94 valence electrons. The molecule has 1 heteroatoms. The van der Waals surface area contributed by atoms with E-state index in [0.29, 0.717) is 5.92 Å². The van der Waals surface area contributed by atoms with Gasteiger partial charge in [-0.05, 0) is 49.8 Å². The number of nitrogens with zero attached hydrogens (tertiary/aromatic N) is 1. The van der Waals surface area contributed by atoms with Crippen molar-refractivity contribution in [3.63, 3.8) is 0 Å². The van der Waals surface area contributed by atoms with E-state index in [-0.39, 0.29) is 0 Å². The monoisotopic (exact) mass is 239 g/mol. The molecule has 1 aromatic heterocycles. The second-order valence-electron chi connectivity index (χ2n) is 4.81. The van der Waals surface area contributed by atoms with Gasteiger partial charge in [0.25, 0.3) is 0 Å². The molecule has 0 bridgehead atoms. The van der Waals surface area contributed by atoms with Gasteiger partial charge in [-0.25, -0.2) is 0 Å². The molecule has 1 aromatic rings. The molecule has 0 amide bonds. The lowest BCUT2D eigenvalue weighted by atomic mass is 9.84. The Balaban J connectivity index is 2.21. The quantitative estimate of drug-likeness (QED) is 0.688. The van der Waals surface area contributed by atoms with Gasteiger partial charge in [-0.1, -0.05) is 42.9 Å². The maximum atomic E-state index is 4.50. The summed E-state index contributed by atoms with van der Waals surface area (Å²) in [6, 6.07) is 6.15. The summed E-state index contributed by atoms with van der Waals surface area (Å²) in [6.07, 6.45) is 14.4. The fourth-order valence-electron chi connectivity index (χ4n) is 2.34. The van der Waals surface area contributed by atoms with Crippen molar-refractivity contribution < 1.29 is 0 Å². The summed E-state index contributed by atoms with van der Waals surface area (Å²) in [5, 5.41) is 0. The van der Waals surface area contributed by atoms with Crippen molar-refractivity contribution in [2.24, 2.45) is 5.92 Å². The van der Waals surface area contributed by atoms with Crippen LogP contribution in [-0.2, 0) is 0 Å². The Morgan fingerprint density at radius 2 is 2.22 bits per heavy atom.